The summed E-state index contributed by atoms with van der Waals surface area (Å²) in [4.78, 5) is 12.3. The van der Waals surface area contributed by atoms with Crippen molar-refractivity contribution in [1.29, 1.82) is 0 Å². The van der Waals surface area contributed by atoms with Crippen molar-refractivity contribution in [1.82, 2.24) is 15.0 Å². The summed E-state index contributed by atoms with van der Waals surface area (Å²) in [6.07, 6.45) is 4.43. The van der Waals surface area contributed by atoms with E-state index >= 15 is 0 Å². The fourth-order valence-corrected chi connectivity index (χ4v) is 1.75. The third-order valence-electron chi connectivity index (χ3n) is 2.87. The summed E-state index contributed by atoms with van der Waals surface area (Å²) in [6.45, 7) is 4.23. The first-order valence-electron chi connectivity index (χ1n) is 5.85. The minimum absolute atomic E-state index is 0.354. The second-order valence-electron chi connectivity index (χ2n) is 4.74. The predicted octanol–water partition coefficient (Wildman–Crippen LogP) is 2.66. The molecule has 1 aliphatic rings. The van der Waals surface area contributed by atoms with E-state index in [0.29, 0.717) is 12.0 Å². The number of anilines is 1. The van der Waals surface area contributed by atoms with E-state index in [1.165, 1.54) is 12.8 Å². The molecule has 0 aliphatic heterocycles. The highest BCUT2D eigenvalue weighted by Gasteiger charge is 2.23. The number of nitrogens with one attached hydrogen (secondary N) is 2. The fourth-order valence-electron chi connectivity index (χ4n) is 1.75. The van der Waals surface area contributed by atoms with E-state index in [0.717, 1.165) is 22.7 Å². The van der Waals surface area contributed by atoms with Gasteiger partial charge in [0.1, 0.15) is 17.3 Å². The number of H-pyrrole nitrogens is 1. The first kappa shape index (κ1) is 9.63. The van der Waals surface area contributed by atoms with E-state index in [2.05, 4.69) is 34.1 Å². The summed E-state index contributed by atoms with van der Waals surface area (Å²) in [7, 11) is 0. The van der Waals surface area contributed by atoms with Crippen molar-refractivity contribution in [2.45, 2.75) is 38.6 Å². The van der Waals surface area contributed by atoms with Gasteiger partial charge >= 0.3 is 0 Å². The molecule has 1 saturated carbocycles. The first-order chi connectivity index (χ1) is 7.74. The van der Waals surface area contributed by atoms with E-state index in [4.69, 9.17) is 0 Å². The quantitative estimate of drug-likeness (QED) is 0.829. The maximum atomic E-state index is 4.61. The Balaban J connectivity index is 2.10. The molecule has 0 spiro atoms. The zero-order valence-corrected chi connectivity index (χ0v) is 9.62. The minimum Gasteiger partial charge on any atom is -0.367 e. The number of aromatic nitrogens is 3. The SMILES string of the molecule is CC(C)c1nc(NC2CC2)c2cc[nH]c2n1. The second kappa shape index (κ2) is 3.47. The van der Waals surface area contributed by atoms with Crippen LogP contribution in [0, 0.1) is 0 Å². The Morgan fingerprint density at radius 2 is 2.19 bits per heavy atom. The Hall–Kier alpha value is -1.58. The Morgan fingerprint density at radius 1 is 1.38 bits per heavy atom. The van der Waals surface area contributed by atoms with Gasteiger partial charge in [0.25, 0.3) is 0 Å². The van der Waals surface area contributed by atoms with Crippen LogP contribution in [0.25, 0.3) is 11.0 Å². The molecule has 0 radical (unpaired) electrons. The van der Waals surface area contributed by atoms with Gasteiger partial charge in [-0.15, -0.1) is 0 Å². The Kier molecular flexibility index (Phi) is 2.09. The molecule has 84 valence electrons. The lowest BCUT2D eigenvalue weighted by atomic mass is 10.2. The van der Waals surface area contributed by atoms with Crippen LogP contribution < -0.4 is 5.32 Å². The lowest BCUT2D eigenvalue weighted by molar-refractivity contribution is 0.781. The standard InChI is InChI=1S/C12H16N4/c1-7(2)10-15-11-9(5-6-13-11)12(16-10)14-8-3-4-8/h5-8H,3-4H2,1-2H3,(H2,13,14,15,16). The van der Waals surface area contributed by atoms with Crippen LogP contribution in [-0.4, -0.2) is 21.0 Å². The number of nitrogens with zero attached hydrogens (tertiary/aromatic N) is 2. The van der Waals surface area contributed by atoms with Crippen LogP contribution in [0.15, 0.2) is 12.3 Å². The van der Waals surface area contributed by atoms with Gasteiger partial charge in [0, 0.05) is 18.2 Å². The van der Waals surface area contributed by atoms with E-state index in [1.807, 2.05) is 12.3 Å². The largest absolute Gasteiger partial charge is 0.367 e. The van der Waals surface area contributed by atoms with Crippen LogP contribution in [0.2, 0.25) is 0 Å². The molecule has 0 bridgehead atoms. The summed E-state index contributed by atoms with van der Waals surface area (Å²) in [5, 5.41) is 4.56. The molecule has 2 heterocycles. The normalized spacial score (nSPS) is 15.9. The number of hydrogen-bond donors (Lipinski definition) is 2. The zero-order chi connectivity index (χ0) is 11.1. The monoisotopic (exact) mass is 216 g/mol. The van der Waals surface area contributed by atoms with Crippen molar-refractivity contribution in [3.63, 3.8) is 0 Å². The lowest BCUT2D eigenvalue weighted by Crippen LogP contribution is -2.07. The molecule has 0 amide bonds. The van der Waals surface area contributed by atoms with E-state index in [1.54, 1.807) is 0 Å². The van der Waals surface area contributed by atoms with E-state index < -0.39 is 0 Å². The van der Waals surface area contributed by atoms with Gasteiger partial charge < -0.3 is 10.3 Å². The van der Waals surface area contributed by atoms with Gasteiger partial charge in [-0.3, -0.25) is 0 Å². The van der Waals surface area contributed by atoms with Gasteiger partial charge in [0.05, 0.1) is 5.39 Å². The summed E-state index contributed by atoms with van der Waals surface area (Å²) in [5.41, 5.74) is 0.932. The molecule has 4 heteroatoms. The Labute approximate surface area is 94.5 Å². The van der Waals surface area contributed by atoms with Crippen LogP contribution in [-0.2, 0) is 0 Å². The molecule has 0 saturated heterocycles. The average Bonchev–Trinajstić information content (AvgIpc) is 2.93. The molecule has 16 heavy (non-hydrogen) atoms. The van der Waals surface area contributed by atoms with Gasteiger partial charge in [-0.05, 0) is 18.9 Å². The first-order valence-corrected chi connectivity index (χ1v) is 5.85. The molecule has 1 fully saturated rings. The molecular formula is C12H16N4. The number of fused-ring (bicyclic) bond motifs is 1. The van der Waals surface area contributed by atoms with Crippen LogP contribution in [0.4, 0.5) is 5.82 Å². The molecule has 4 nitrogen and oxygen atoms in total. The van der Waals surface area contributed by atoms with Crippen molar-refractivity contribution in [2.75, 3.05) is 5.32 Å². The summed E-state index contributed by atoms with van der Waals surface area (Å²) in [6, 6.07) is 2.65. The van der Waals surface area contributed by atoms with E-state index in [9.17, 15) is 0 Å². The maximum absolute atomic E-state index is 4.61. The van der Waals surface area contributed by atoms with Crippen LogP contribution in [0.5, 0.6) is 0 Å². The van der Waals surface area contributed by atoms with Crippen molar-refractivity contribution in [2.24, 2.45) is 0 Å². The van der Waals surface area contributed by atoms with Gasteiger partial charge in [0.2, 0.25) is 0 Å². The van der Waals surface area contributed by atoms with E-state index in [-0.39, 0.29) is 0 Å². The Morgan fingerprint density at radius 3 is 2.88 bits per heavy atom. The van der Waals surface area contributed by atoms with Crippen LogP contribution in [0.1, 0.15) is 38.4 Å². The fraction of sp³-hybridized carbons (Fsp3) is 0.500. The topological polar surface area (TPSA) is 53.6 Å². The zero-order valence-electron chi connectivity index (χ0n) is 9.62. The van der Waals surface area contributed by atoms with Gasteiger partial charge in [-0.25, -0.2) is 9.97 Å². The van der Waals surface area contributed by atoms with Gasteiger partial charge in [-0.2, -0.15) is 0 Å². The average molecular weight is 216 g/mol. The van der Waals surface area contributed by atoms with Crippen molar-refractivity contribution in [3.8, 4) is 0 Å². The molecule has 0 atom stereocenters. The number of aromatic amines is 1. The van der Waals surface area contributed by atoms with Gasteiger partial charge in [0.15, 0.2) is 0 Å². The summed E-state index contributed by atoms with van der Waals surface area (Å²) >= 11 is 0. The third kappa shape index (κ3) is 1.64. The molecule has 3 rings (SSSR count). The molecule has 2 N–H and O–H groups in total. The maximum Gasteiger partial charge on any atom is 0.143 e. The highest BCUT2D eigenvalue weighted by molar-refractivity contribution is 5.87. The third-order valence-corrected chi connectivity index (χ3v) is 2.87. The second-order valence-corrected chi connectivity index (χ2v) is 4.74. The van der Waals surface area contributed by atoms with Crippen molar-refractivity contribution >= 4 is 16.9 Å². The lowest BCUT2D eigenvalue weighted by Gasteiger charge is -2.09. The number of hydrogen-bond acceptors (Lipinski definition) is 3. The summed E-state index contributed by atoms with van der Waals surface area (Å²) < 4.78 is 0. The molecule has 0 unspecified atom stereocenters. The minimum atomic E-state index is 0.354. The van der Waals surface area contributed by atoms with Crippen LogP contribution in [0.3, 0.4) is 0 Å². The van der Waals surface area contributed by atoms with Crippen molar-refractivity contribution in [3.05, 3.63) is 18.1 Å². The van der Waals surface area contributed by atoms with Gasteiger partial charge in [-0.1, -0.05) is 13.8 Å². The highest BCUT2D eigenvalue weighted by atomic mass is 15.1. The van der Waals surface area contributed by atoms with Crippen molar-refractivity contribution < 1.29 is 0 Å². The molecular weight excluding hydrogens is 200 g/mol. The van der Waals surface area contributed by atoms with Crippen LogP contribution >= 0.6 is 0 Å². The summed E-state index contributed by atoms with van der Waals surface area (Å²) in [5.74, 6) is 2.24. The molecule has 1 aliphatic carbocycles. The number of rotatable bonds is 3. The molecule has 2 aromatic rings. The molecule has 2 aromatic heterocycles. The highest BCUT2D eigenvalue weighted by Crippen LogP contribution is 2.28. The predicted molar refractivity (Wildman–Crippen MR) is 64.6 cm³/mol. The molecule has 0 aromatic carbocycles. The Bertz CT molecular complexity index is 511. The smallest absolute Gasteiger partial charge is 0.143 e.